The van der Waals surface area contributed by atoms with Gasteiger partial charge in [0.05, 0.1) is 0 Å². The average molecular weight is 264 g/mol. The van der Waals surface area contributed by atoms with Crippen LogP contribution in [0.2, 0.25) is 0 Å². The molecule has 2 atom stereocenters. The quantitative estimate of drug-likeness (QED) is 0.768. The van der Waals surface area contributed by atoms with Crippen molar-refractivity contribution in [3.8, 4) is 0 Å². The molecular weight excluding hydrogens is 238 g/mol. The highest BCUT2D eigenvalue weighted by atomic mass is 35.5. The summed E-state index contributed by atoms with van der Waals surface area (Å²) in [6.07, 6.45) is 1.23. The van der Waals surface area contributed by atoms with Crippen LogP contribution in [-0.2, 0) is 4.79 Å². The topological polar surface area (TPSA) is 44.4 Å². The summed E-state index contributed by atoms with van der Waals surface area (Å²) in [6.45, 7) is 8.39. The Morgan fingerprint density at radius 3 is 2.71 bits per heavy atom. The fourth-order valence-corrected chi connectivity index (χ4v) is 2.52. The monoisotopic (exact) mass is 263 g/mol. The highest BCUT2D eigenvalue weighted by molar-refractivity contribution is 5.85. The molecule has 5 heteroatoms. The van der Waals surface area contributed by atoms with Gasteiger partial charge in [-0.05, 0) is 25.4 Å². The van der Waals surface area contributed by atoms with Crippen LogP contribution in [0, 0.1) is 11.3 Å². The number of hydrogen-bond acceptors (Lipinski definition) is 3. The lowest BCUT2D eigenvalue weighted by Crippen LogP contribution is -2.40. The summed E-state index contributed by atoms with van der Waals surface area (Å²) < 4.78 is 0. The molecule has 0 radical (unpaired) electrons. The van der Waals surface area contributed by atoms with E-state index in [9.17, 15) is 4.79 Å². The van der Waals surface area contributed by atoms with Crippen LogP contribution in [0.3, 0.4) is 0 Å². The van der Waals surface area contributed by atoms with Crippen molar-refractivity contribution in [2.45, 2.75) is 20.3 Å². The largest absolute Gasteiger partial charge is 0.359 e. The van der Waals surface area contributed by atoms with Gasteiger partial charge in [-0.15, -0.1) is 12.4 Å². The highest BCUT2D eigenvalue weighted by Gasteiger charge is 2.30. The first-order chi connectivity index (χ1) is 7.47. The van der Waals surface area contributed by atoms with Gasteiger partial charge in [-0.2, -0.15) is 0 Å². The molecule has 0 aromatic carbocycles. The van der Waals surface area contributed by atoms with Gasteiger partial charge in [0.25, 0.3) is 0 Å². The molecule has 1 fully saturated rings. The number of nitrogens with one attached hydrogen (secondary N) is 2. The molecule has 1 saturated heterocycles. The lowest BCUT2D eigenvalue weighted by atomic mass is 9.89. The molecule has 0 aromatic rings. The maximum Gasteiger partial charge on any atom is 0.223 e. The molecule has 4 nitrogen and oxygen atoms in total. The van der Waals surface area contributed by atoms with E-state index in [1.54, 1.807) is 7.05 Å². The van der Waals surface area contributed by atoms with Crippen LogP contribution in [-0.4, -0.2) is 51.1 Å². The molecule has 1 amide bonds. The van der Waals surface area contributed by atoms with E-state index in [0.717, 1.165) is 26.2 Å². The summed E-state index contributed by atoms with van der Waals surface area (Å²) in [5.41, 5.74) is 0.372. The molecule has 0 bridgehead atoms. The average Bonchev–Trinajstić information content (AvgIpc) is 2.62. The smallest absolute Gasteiger partial charge is 0.223 e. The van der Waals surface area contributed by atoms with Crippen LogP contribution in [0.15, 0.2) is 0 Å². The highest BCUT2D eigenvalue weighted by Crippen LogP contribution is 2.25. The molecule has 0 aliphatic carbocycles. The zero-order valence-electron chi connectivity index (χ0n) is 11.4. The van der Waals surface area contributed by atoms with Gasteiger partial charge in [-0.1, -0.05) is 13.8 Å². The first-order valence-corrected chi connectivity index (χ1v) is 6.08. The molecule has 0 aromatic heterocycles. The van der Waals surface area contributed by atoms with Gasteiger partial charge in [-0.3, -0.25) is 4.79 Å². The lowest BCUT2D eigenvalue weighted by Gasteiger charge is -2.30. The van der Waals surface area contributed by atoms with Crippen molar-refractivity contribution >= 4 is 18.3 Å². The Hall–Kier alpha value is -0.320. The second-order valence-electron chi connectivity index (χ2n) is 5.45. The molecule has 1 heterocycles. The van der Waals surface area contributed by atoms with Crippen LogP contribution in [0.4, 0.5) is 0 Å². The Morgan fingerprint density at radius 2 is 2.24 bits per heavy atom. The molecule has 102 valence electrons. The molecule has 2 unspecified atom stereocenters. The number of nitrogens with zero attached hydrogens (tertiary/aromatic N) is 1. The third kappa shape index (κ3) is 5.23. The van der Waals surface area contributed by atoms with Crippen LogP contribution in [0.1, 0.15) is 20.3 Å². The minimum atomic E-state index is 0. The molecule has 1 rings (SSSR count). The van der Waals surface area contributed by atoms with E-state index in [-0.39, 0.29) is 24.2 Å². The van der Waals surface area contributed by atoms with E-state index in [4.69, 9.17) is 0 Å². The number of carbonyl (C=O) groups is 1. The molecule has 1 aliphatic heterocycles. The second-order valence-corrected chi connectivity index (χ2v) is 5.45. The van der Waals surface area contributed by atoms with E-state index in [1.807, 2.05) is 6.92 Å². The molecule has 2 N–H and O–H groups in total. The van der Waals surface area contributed by atoms with Crippen molar-refractivity contribution in [1.29, 1.82) is 0 Å². The Morgan fingerprint density at radius 1 is 1.59 bits per heavy atom. The zero-order chi connectivity index (χ0) is 12.2. The summed E-state index contributed by atoms with van der Waals surface area (Å²) in [7, 11) is 3.80. The third-order valence-electron chi connectivity index (χ3n) is 3.39. The normalized spacial score (nSPS) is 25.5. The van der Waals surface area contributed by atoms with Gasteiger partial charge in [0.15, 0.2) is 0 Å². The third-order valence-corrected chi connectivity index (χ3v) is 3.39. The van der Waals surface area contributed by atoms with Gasteiger partial charge in [0.2, 0.25) is 5.91 Å². The minimum Gasteiger partial charge on any atom is -0.359 e. The van der Waals surface area contributed by atoms with Crippen LogP contribution < -0.4 is 10.6 Å². The predicted octanol–water partition coefficient (Wildman–Crippen LogP) is 0.722. The molecule has 0 saturated carbocycles. The van der Waals surface area contributed by atoms with Crippen molar-refractivity contribution in [3.05, 3.63) is 0 Å². The molecule has 17 heavy (non-hydrogen) atoms. The van der Waals surface area contributed by atoms with Crippen molar-refractivity contribution < 1.29 is 4.79 Å². The van der Waals surface area contributed by atoms with E-state index >= 15 is 0 Å². The first kappa shape index (κ1) is 16.7. The van der Waals surface area contributed by atoms with Crippen LogP contribution in [0.25, 0.3) is 0 Å². The number of carbonyl (C=O) groups excluding carboxylic acids is 1. The summed E-state index contributed by atoms with van der Waals surface area (Å²) in [4.78, 5) is 13.7. The molecule has 0 spiro atoms. The standard InChI is InChI=1S/C12H25N3O.ClH/c1-10(11(16)13-3)7-15(4)9-12(2)5-6-14-8-12;/h10,14H,5-9H2,1-4H3,(H,13,16);1H. The summed E-state index contributed by atoms with van der Waals surface area (Å²) in [6, 6.07) is 0. The van der Waals surface area contributed by atoms with Gasteiger partial charge in [-0.25, -0.2) is 0 Å². The second kappa shape index (κ2) is 7.19. The van der Waals surface area contributed by atoms with Gasteiger partial charge >= 0.3 is 0 Å². The van der Waals surface area contributed by atoms with E-state index < -0.39 is 0 Å². The van der Waals surface area contributed by atoms with E-state index in [2.05, 4.69) is 29.5 Å². The number of rotatable bonds is 5. The minimum absolute atomic E-state index is 0. The van der Waals surface area contributed by atoms with Crippen LogP contribution >= 0.6 is 12.4 Å². The Labute approximate surface area is 111 Å². The maximum absolute atomic E-state index is 11.4. The predicted molar refractivity (Wildman–Crippen MR) is 73.6 cm³/mol. The van der Waals surface area contributed by atoms with E-state index in [1.165, 1.54) is 6.42 Å². The number of halogens is 1. The van der Waals surface area contributed by atoms with E-state index in [0.29, 0.717) is 5.41 Å². The fourth-order valence-electron chi connectivity index (χ4n) is 2.52. The summed E-state index contributed by atoms with van der Waals surface area (Å²) >= 11 is 0. The number of hydrogen-bond donors (Lipinski definition) is 2. The summed E-state index contributed by atoms with van der Waals surface area (Å²) in [5.74, 6) is 0.189. The Kier molecular flexibility index (Phi) is 7.05. The van der Waals surface area contributed by atoms with Gasteiger partial charge < -0.3 is 15.5 Å². The fraction of sp³-hybridized carbons (Fsp3) is 0.917. The van der Waals surface area contributed by atoms with Crippen molar-refractivity contribution in [2.75, 3.05) is 40.3 Å². The van der Waals surface area contributed by atoms with Gasteiger partial charge in [0, 0.05) is 32.6 Å². The summed E-state index contributed by atoms with van der Waals surface area (Å²) in [5, 5.41) is 6.09. The zero-order valence-corrected chi connectivity index (χ0v) is 12.2. The molecular formula is C12H26ClN3O. The maximum atomic E-state index is 11.4. The Balaban J connectivity index is 0.00000256. The Bertz CT molecular complexity index is 242. The van der Waals surface area contributed by atoms with Crippen molar-refractivity contribution in [1.82, 2.24) is 15.5 Å². The molecule has 1 aliphatic rings. The number of amides is 1. The van der Waals surface area contributed by atoms with Crippen molar-refractivity contribution in [3.63, 3.8) is 0 Å². The SMILES string of the molecule is CNC(=O)C(C)CN(C)CC1(C)CCNC1.Cl. The van der Waals surface area contributed by atoms with Crippen molar-refractivity contribution in [2.24, 2.45) is 11.3 Å². The van der Waals surface area contributed by atoms with Crippen LogP contribution in [0.5, 0.6) is 0 Å². The van der Waals surface area contributed by atoms with Gasteiger partial charge in [0.1, 0.15) is 0 Å². The lowest BCUT2D eigenvalue weighted by molar-refractivity contribution is -0.124. The first-order valence-electron chi connectivity index (χ1n) is 6.08.